The average Bonchev–Trinajstić information content (AvgIpc) is 3.73. The monoisotopic (exact) mass is 1020 g/mol. The maximum atomic E-state index is 14.0. The normalized spacial score (nSPS) is 17.7. The van der Waals surface area contributed by atoms with Gasteiger partial charge in [-0.3, -0.25) is 24.1 Å². The van der Waals surface area contributed by atoms with Gasteiger partial charge in [-0.1, -0.05) is 84.9 Å². The van der Waals surface area contributed by atoms with Gasteiger partial charge in [0.05, 0.1) is 26.0 Å². The zero-order valence-corrected chi connectivity index (χ0v) is 43.8. The lowest BCUT2D eigenvalue weighted by Gasteiger charge is -2.36. The van der Waals surface area contributed by atoms with Crippen LogP contribution in [0.1, 0.15) is 56.1 Å². The molecule has 0 atom stereocenters. The summed E-state index contributed by atoms with van der Waals surface area (Å²) >= 11 is 0. The highest BCUT2D eigenvalue weighted by Crippen LogP contribution is 2.56. The van der Waals surface area contributed by atoms with Crippen LogP contribution >= 0.6 is 7.26 Å². The molecule has 8 rings (SSSR count). The summed E-state index contributed by atoms with van der Waals surface area (Å²) in [6.07, 6.45) is 11.4. The summed E-state index contributed by atoms with van der Waals surface area (Å²) in [5.74, 6) is -0.214. The van der Waals surface area contributed by atoms with Crippen LogP contribution in [0.25, 0.3) is 12.2 Å². The minimum Gasteiger partial charge on any atom is -0.394 e. The van der Waals surface area contributed by atoms with Crippen molar-refractivity contribution in [3.05, 3.63) is 162 Å². The molecule has 2 heterocycles. The number of unbranched alkanes of at least 4 members (excludes halogenated alkanes) is 1. The van der Waals surface area contributed by atoms with Crippen LogP contribution in [-0.2, 0) is 23.9 Å². The number of carbonyl (C=O) groups excluding carboxylic acids is 4. The highest BCUT2D eigenvalue weighted by atomic mass is 31.2. The number of nitrogens with one attached hydrogen (secondary N) is 2. The molecular formula is C60H71N7O6P+. The number of benzene rings is 5. The Bertz CT molecular complexity index is 2620. The van der Waals surface area contributed by atoms with Crippen LogP contribution < -0.4 is 36.3 Å². The standard InChI is InChI=1S/C60H70N7O6P/c1-64(2)50-30-23-47(24-31-50)44-55-60(72)67(45-57(69)62-49-28-26-48(27-29-49)59(71)61-35-41-73-42-40-68)56(63-55)34-25-46-21-32-51(33-22-46)65-36-38-66(39-37-65)58(70)20-12-13-43-74(52-14-6-3-7-15-52,53-16-8-4-9-17-53)54-18-10-5-11-19-54/h3-11,14-19,21-25,30-34,44,48-49,68H,12-13,20,26-29,35-43,45H2,1-2H3,(H-,61,62,69,71)/p+1/b34-25+,55-44+. The Morgan fingerprint density at radius 3 is 1.91 bits per heavy atom. The number of nitrogens with zero attached hydrogens (tertiary/aromatic N) is 5. The third-order valence-corrected chi connectivity index (χ3v) is 18.8. The van der Waals surface area contributed by atoms with Gasteiger partial charge in [-0.15, -0.1) is 0 Å². The van der Waals surface area contributed by atoms with E-state index in [0.29, 0.717) is 64.2 Å². The van der Waals surface area contributed by atoms with Crippen molar-refractivity contribution in [2.24, 2.45) is 10.9 Å². The van der Waals surface area contributed by atoms with Gasteiger partial charge in [0.15, 0.2) is 0 Å². The Morgan fingerprint density at radius 1 is 0.730 bits per heavy atom. The quantitative estimate of drug-likeness (QED) is 0.0397. The summed E-state index contributed by atoms with van der Waals surface area (Å²) in [6, 6.07) is 48.7. The predicted octanol–water partition coefficient (Wildman–Crippen LogP) is 6.66. The van der Waals surface area contributed by atoms with E-state index in [4.69, 9.17) is 14.8 Å². The van der Waals surface area contributed by atoms with E-state index >= 15 is 0 Å². The molecule has 74 heavy (non-hydrogen) atoms. The van der Waals surface area contributed by atoms with Gasteiger partial charge in [0.2, 0.25) is 17.7 Å². The molecule has 0 unspecified atom stereocenters. The summed E-state index contributed by atoms with van der Waals surface area (Å²) in [5, 5.41) is 19.0. The topological polar surface area (TPSA) is 147 Å². The van der Waals surface area contributed by atoms with E-state index in [1.165, 1.54) is 20.8 Å². The third kappa shape index (κ3) is 13.8. The second-order valence-electron chi connectivity index (χ2n) is 19.4. The third-order valence-electron chi connectivity index (χ3n) is 14.3. The Balaban J connectivity index is 0.850. The van der Waals surface area contributed by atoms with Crippen molar-refractivity contribution in [2.45, 2.75) is 51.0 Å². The summed E-state index contributed by atoms with van der Waals surface area (Å²) in [7, 11) is 2.01. The van der Waals surface area contributed by atoms with E-state index in [2.05, 4.69) is 119 Å². The van der Waals surface area contributed by atoms with Crippen molar-refractivity contribution < 1.29 is 29.0 Å². The summed E-state index contributed by atoms with van der Waals surface area (Å²) in [5.41, 5.74) is 4.09. The van der Waals surface area contributed by atoms with Gasteiger partial charge in [0, 0.05) is 76.6 Å². The molecule has 1 saturated heterocycles. The van der Waals surface area contributed by atoms with Gasteiger partial charge < -0.3 is 35.2 Å². The molecule has 3 aliphatic rings. The molecule has 14 heteroatoms. The van der Waals surface area contributed by atoms with E-state index in [9.17, 15) is 19.2 Å². The first kappa shape index (κ1) is 53.4. The van der Waals surface area contributed by atoms with E-state index in [-0.39, 0.29) is 61.0 Å². The number of amidine groups is 1. The Kier molecular flexibility index (Phi) is 19.0. The van der Waals surface area contributed by atoms with Gasteiger partial charge in [-0.05, 0) is 122 Å². The fourth-order valence-corrected chi connectivity index (χ4v) is 14.6. The molecule has 1 aliphatic carbocycles. The molecule has 0 spiro atoms. The van der Waals surface area contributed by atoms with Crippen molar-refractivity contribution in [3.63, 3.8) is 0 Å². The van der Waals surface area contributed by atoms with Crippen molar-refractivity contribution in [1.82, 2.24) is 20.4 Å². The summed E-state index contributed by atoms with van der Waals surface area (Å²) < 4.78 is 5.24. The lowest BCUT2D eigenvalue weighted by Crippen LogP contribution is -2.48. The molecular weight excluding hydrogens is 946 g/mol. The van der Waals surface area contributed by atoms with Crippen LogP contribution in [0.15, 0.2) is 156 Å². The predicted molar refractivity (Wildman–Crippen MR) is 301 cm³/mol. The molecule has 13 nitrogen and oxygen atoms in total. The van der Waals surface area contributed by atoms with Crippen molar-refractivity contribution >= 4 is 76.2 Å². The zero-order chi connectivity index (χ0) is 51.7. The minimum atomic E-state index is -1.93. The number of ether oxygens (including phenoxy) is 1. The Morgan fingerprint density at radius 2 is 1.32 bits per heavy atom. The van der Waals surface area contributed by atoms with Crippen LogP contribution in [-0.4, -0.2) is 130 Å². The van der Waals surface area contributed by atoms with Crippen molar-refractivity contribution in [2.75, 3.05) is 89.1 Å². The molecule has 4 amide bonds. The van der Waals surface area contributed by atoms with Crippen LogP contribution in [0, 0.1) is 5.92 Å². The smallest absolute Gasteiger partial charge is 0.278 e. The second kappa shape index (κ2) is 26.3. The molecule has 1 saturated carbocycles. The van der Waals surface area contributed by atoms with Crippen LogP contribution in [0.3, 0.4) is 0 Å². The largest absolute Gasteiger partial charge is 0.394 e. The second-order valence-corrected chi connectivity index (χ2v) is 23.0. The molecule has 0 aromatic heterocycles. The van der Waals surface area contributed by atoms with Crippen LogP contribution in [0.2, 0.25) is 0 Å². The number of amides is 4. The first-order chi connectivity index (χ1) is 36.1. The average molecular weight is 1020 g/mol. The van der Waals surface area contributed by atoms with Gasteiger partial charge in [0.25, 0.3) is 5.91 Å². The van der Waals surface area contributed by atoms with E-state index < -0.39 is 7.26 Å². The number of anilines is 2. The number of aliphatic hydroxyl groups is 1. The first-order valence-corrected chi connectivity index (χ1v) is 28.1. The van der Waals surface area contributed by atoms with Gasteiger partial charge in [-0.2, -0.15) is 0 Å². The van der Waals surface area contributed by atoms with E-state index in [1.807, 2.05) is 66.4 Å². The van der Waals surface area contributed by atoms with Gasteiger partial charge in [-0.25, -0.2) is 4.99 Å². The Hall–Kier alpha value is -6.92. The van der Waals surface area contributed by atoms with Gasteiger partial charge in [0.1, 0.15) is 41.3 Å². The van der Waals surface area contributed by atoms with Crippen LogP contribution in [0.5, 0.6) is 0 Å². The molecule has 0 bridgehead atoms. The Labute approximate surface area is 437 Å². The molecule has 386 valence electrons. The molecule has 0 radical (unpaired) electrons. The number of carbonyl (C=O) groups is 4. The fourth-order valence-electron chi connectivity index (χ4n) is 10.2. The molecule has 2 aliphatic heterocycles. The number of rotatable bonds is 22. The van der Waals surface area contributed by atoms with Crippen LogP contribution in [0.4, 0.5) is 11.4 Å². The first-order valence-electron chi connectivity index (χ1n) is 26.1. The molecule has 5 aromatic rings. The lowest BCUT2D eigenvalue weighted by molar-refractivity contribution is -0.131. The molecule has 5 aromatic carbocycles. The van der Waals surface area contributed by atoms with Gasteiger partial charge >= 0.3 is 0 Å². The molecule has 3 N–H and O–H groups in total. The minimum absolute atomic E-state index is 0.0256. The molecule has 2 fully saturated rings. The van der Waals surface area contributed by atoms with Crippen molar-refractivity contribution in [1.29, 1.82) is 0 Å². The maximum absolute atomic E-state index is 14.0. The zero-order valence-electron chi connectivity index (χ0n) is 42.9. The highest BCUT2D eigenvalue weighted by Gasteiger charge is 2.44. The van der Waals surface area contributed by atoms with Crippen molar-refractivity contribution in [3.8, 4) is 0 Å². The lowest BCUT2D eigenvalue weighted by atomic mass is 9.85. The maximum Gasteiger partial charge on any atom is 0.278 e. The number of aliphatic imine (C=N–C) groups is 1. The summed E-state index contributed by atoms with van der Waals surface area (Å²) in [6.45, 7) is 3.54. The number of hydrogen-bond acceptors (Lipinski definition) is 9. The SMILES string of the molecule is CN(C)c1ccc(/C=C2N=C(/C=C/c3ccc(N4CCN(C(=O)CCCC[P+](c5ccccc5)(c5ccccc5)c5ccccc5)CC4)cc3)N(CC(=O)NC3CCC(C(=O)NCCOCCO)CC3)C/2=O)cc1. The number of hydrogen-bond donors (Lipinski definition) is 3. The highest BCUT2D eigenvalue weighted by molar-refractivity contribution is 7.95. The van der Waals surface area contributed by atoms with E-state index in [1.54, 1.807) is 12.2 Å². The number of piperazine rings is 1. The number of aliphatic hydroxyl groups excluding tert-OH is 1. The summed E-state index contributed by atoms with van der Waals surface area (Å²) in [4.78, 5) is 66.4. The van der Waals surface area contributed by atoms with E-state index in [0.717, 1.165) is 54.6 Å². The fraction of sp³-hybridized carbons (Fsp3) is 0.350.